The lowest BCUT2D eigenvalue weighted by Crippen LogP contribution is -1.92. The van der Waals surface area contributed by atoms with Crippen LogP contribution in [0.5, 0.6) is 17.2 Å². The molecule has 0 saturated heterocycles. The third kappa shape index (κ3) is 2.84. The molecule has 0 aliphatic carbocycles. The van der Waals surface area contributed by atoms with Crippen LogP contribution >= 0.6 is 0 Å². The molecule has 5 nitrogen and oxygen atoms in total. The minimum atomic E-state index is 0.271. The molecule has 0 fully saturated rings. The monoisotopic (exact) mass is 320 g/mol. The molecular formula is C19H16N2O3. The molecule has 5 heteroatoms. The van der Waals surface area contributed by atoms with Crippen molar-refractivity contribution in [3.8, 4) is 22.9 Å². The Morgan fingerprint density at radius 3 is 2.71 bits per heavy atom. The molecule has 2 aromatic carbocycles. The minimum absolute atomic E-state index is 0.271. The number of ether oxygens (including phenoxy) is 3. The molecule has 0 amide bonds. The van der Waals surface area contributed by atoms with E-state index in [-0.39, 0.29) is 6.79 Å². The van der Waals surface area contributed by atoms with Gasteiger partial charge in [-0.25, -0.2) is 0 Å². The maximum atomic E-state index is 5.36. The van der Waals surface area contributed by atoms with Crippen LogP contribution in [0, 0.1) is 0 Å². The Morgan fingerprint density at radius 2 is 1.88 bits per heavy atom. The minimum Gasteiger partial charge on any atom is -0.497 e. The van der Waals surface area contributed by atoms with Crippen LogP contribution in [0.4, 0.5) is 5.69 Å². The molecule has 0 bridgehead atoms. The van der Waals surface area contributed by atoms with Crippen molar-refractivity contribution >= 4 is 11.9 Å². The molecule has 2 heterocycles. The van der Waals surface area contributed by atoms with Gasteiger partial charge in [-0.15, -0.1) is 0 Å². The van der Waals surface area contributed by atoms with Gasteiger partial charge in [0.25, 0.3) is 0 Å². The number of aromatic nitrogens is 1. The first-order valence-corrected chi connectivity index (χ1v) is 7.58. The van der Waals surface area contributed by atoms with Crippen molar-refractivity contribution < 1.29 is 14.2 Å². The van der Waals surface area contributed by atoms with E-state index in [9.17, 15) is 0 Å². The van der Waals surface area contributed by atoms with E-state index >= 15 is 0 Å². The first kappa shape index (κ1) is 14.4. The quantitative estimate of drug-likeness (QED) is 0.683. The lowest BCUT2D eigenvalue weighted by molar-refractivity contribution is 0.174. The first-order chi connectivity index (χ1) is 11.8. The van der Waals surface area contributed by atoms with Crippen molar-refractivity contribution in [1.82, 2.24) is 4.57 Å². The second kappa shape index (κ2) is 6.12. The highest BCUT2D eigenvalue weighted by Gasteiger charge is 2.12. The summed E-state index contributed by atoms with van der Waals surface area (Å²) >= 11 is 0. The van der Waals surface area contributed by atoms with Crippen LogP contribution in [-0.2, 0) is 0 Å². The van der Waals surface area contributed by atoms with E-state index in [0.717, 1.165) is 34.2 Å². The van der Waals surface area contributed by atoms with Gasteiger partial charge in [-0.1, -0.05) is 0 Å². The van der Waals surface area contributed by atoms with Gasteiger partial charge < -0.3 is 18.8 Å². The zero-order valence-electron chi connectivity index (χ0n) is 13.2. The van der Waals surface area contributed by atoms with Crippen LogP contribution in [0.3, 0.4) is 0 Å². The predicted octanol–water partition coefficient (Wildman–Crippen LogP) is 3.97. The molecular weight excluding hydrogens is 304 g/mol. The van der Waals surface area contributed by atoms with E-state index in [4.69, 9.17) is 14.2 Å². The number of hydrogen-bond donors (Lipinski definition) is 0. The SMILES string of the molecule is COc1ccc(-n2ccc(C=Nc3ccc4c(c3)OCO4)c2)cc1. The van der Waals surface area contributed by atoms with Gasteiger partial charge in [0.1, 0.15) is 5.75 Å². The average Bonchev–Trinajstić information content (AvgIpc) is 3.29. The van der Waals surface area contributed by atoms with Crippen molar-refractivity contribution in [2.45, 2.75) is 0 Å². The number of hydrogen-bond acceptors (Lipinski definition) is 4. The highest BCUT2D eigenvalue weighted by molar-refractivity contribution is 5.82. The van der Waals surface area contributed by atoms with Gasteiger partial charge in [-0.2, -0.15) is 0 Å². The maximum absolute atomic E-state index is 5.36. The molecule has 0 atom stereocenters. The molecule has 0 spiro atoms. The Labute approximate surface area is 139 Å². The van der Waals surface area contributed by atoms with Gasteiger partial charge in [0.15, 0.2) is 11.5 Å². The largest absolute Gasteiger partial charge is 0.497 e. The van der Waals surface area contributed by atoms with Crippen molar-refractivity contribution in [1.29, 1.82) is 0 Å². The summed E-state index contributed by atoms with van der Waals surface area (Å²) in [5.41, 5.74) is 2.92. The summed E-state index contributed by atoms with van der Waals surface area (Å²) in [5, 5.41) is 0. The summed E-state index contributed by atoms with van der Waals surface area (Å²) in [5.74, 6) is 2.34. The Morgan fingerprint density at radius 1 is 1.04 bits per heavy atom. The fourth-order valence-corrected chi connectivity index (χ4v) is 2.52. The summed E-state index contributed by atoms with van der Waals surface area (Å²) < 4.78 is 17.9. The van der Waals surface area contributed by atoms with Gasteiger partial charge in [0.2, 0.25) is 6.79 Å². The fraction of sp³-hybridized carbons (Fsp3) is 0.105. The Hall–Kier alpha value is -3.21. The molecule has 0 radical (unpaired) electrons. The second-order valence-corrected chi connectivity index (χ2v) is 5.35. The number of methoxy groups -OCH3 is 1. The van der Waals surface area contributed by atoms with Gasteiger partial charge in [-0.05, 0) is 42.5 Å². The first-order valence-electron chi connectivity index (χ1n) is 7.58. The fourth-order valence-electron chi connectivity index (χ4n) is 2.52. The van der Waals surface area contributed by atoms with Crippen LogP contribution in [-0.4, -0.2) is 24.7 Å². The number of rotatable bonds is 4. The van der Waals surface area contributed by atoms with E-state index in [1.807, 2.05) is 71.7 Å². The summed E-state index contributed by atoms with van der Waals surface area (Å²) in [7, 11) is 1.66. The van der Waals surface area contributed by atoms with Crippen LogP contribution < -0.4 is 14.2 Å². The number of aliphatic imine (C=N–C) groups is 1. The lowest BCUT2D eigenvalue weighted by Gasteiger charge is -2.04. The van der Waals surface area contributed by atoms with Crippen molar-refractivity contribution in [3.05, 3.63) is 66.5 Å². The third-order valence-corrected chi connectivity index (χ3v) is 3.81. The van der Waals surface area contributed by atoms with E-state index in [1.165, 1.54) is 0 Å². The molecule has 1 aromatic heterocycles. The highest BCUT2D eigenvalue weighted by Crippen LogP contribution is 2.35. The van der Waals surface area contributed by atoms with Crippen LogP contribution in [0.1, 0.15) is 5.56 Å². The van der Waals surface area contributed by atoms with E-state index in [1.54, 1.807) is 7.11 Å². The third-order valence-electron chi connectivity index (χ3n) is 3.81. The van der Waals surface area contributed by atoms with Gasteiger partial charge >= 0.3 is 0 Å². The number of benzene rings is 2. The Balaban J connectivity index is 1.52. The van der Waals surface area contributed by atoms with Gasteiger partial charge in [0, 0.05) is 35.9 Å². The summed E-state index contributed by atoms with van der Waals surface area (Å²) in [6, 6.07) is 15.6. The van der Waals surface area contributed by atoms with E-state index in [0.29, 0.717) is 0 Å². The molecule has 24 heavy (non-hydrogen) atoms. The van der Waals surface area contributed by atoms with E-state index in [2.05, 4.69) is 4.99 Å². The molecule has 120 valence electrons. The standard InChI is InChI=1S/C19H16N2O3/c1-22-17-5-3-16(4-6-17)21-9-8-14(12-21)11-20-15-2-7-18-19(10-15)24-13-23-18/h2-12H,13H2,1H3. The van der Waals surface area contributed by atoms with Gasteiger partial charge in [0.05, 0.1) is 12.8 Å². The van der Waals surface area contributed by atoms with Crippen LogP contribution in [0.15, 0.2) is 65.9 Å². The summed E-state index contributed by atoms with van der Waals surface area (Å²) in [4.78, 5) is 4.49. The molecule has 3 aromatic rings. The van der Waals surface area contributed by atoms with Crippen LogP contribution in [0.2, 0.25) is 0 Å². The van der Waals surface area contributed by atoms with E-state index < -0.39 is 0 Å². The molecule has 1 aliphatic heterocycles. The Kier molecular flexibility index (Phi) is 3.67. The molecule has 0 saturated carbocycles. The highest BCUT2D eigenvalue weighted by atomic mass is 16.7. The van der Waals surface area contributed by atoms with Crippen molar-refractivity contribution in [2.75, 3.05) is 13.9 Å². The molecule has 4 rings (SSSR count). The normalized spacial score (nSPS) is 12.7. The lowest BCUT2D eigenvalue weighted by atomic mass is 10.3. The predicted molar refractivity (Wildman–Crippen MR) is 92.1 cm³/mol. The second-order valence-electron chi connectivity index (χ2n) is 5.35. The topological polar surface area (TPSA) is 45.0 Å². The number of nitrogens with zero attached hydrogens (tertiary/aromatic N) is 2. The van der Waals surface area contributed by atoms with Crippen molar-refractivity contribution in [2.24, 2.45) is 4.99 Å². The zero-order valence-corrected chi connectivity index (χ0v) is 13.2. The summed E-state index contributed by atoms with van der Waals surface area (Å²) in [6.45, 7) is 0.271. The summed E-state index contributed by atoms with van der Waals surface area (Å²) in [6.07, 6.45) is 5.86. The zero-order chi connectivity index (χ0) is 16.4. The molecule has 1 aliphatic rings. The number of fused-ring (bicyclic) bond motifs is 1. The molecule has 0 N–H and O–H groups in total. The van der Waals surface area contributed by atoms with Crippen molar-refractivity contribution in [3.63, 3.8) is 0 Å². The van der Waals surface area contributed by atoms with Crippen LogP contribution in [0.25, 0.3) is 5.69 Å². The molecule has 0 unspecified atom stereocenters. The smallest absolute Gasteiger partial charge is 0.231 e. The average molecular weight is 320 g/mol. The maximum Gasteiger partial charge on any atom is 0.231 e. The Bertz CT molecular complexity index is 882. The van der Waals surface area contributed by atoms with Gasteiger partial charge in [-0.3, -0.25) is 4.99 Å².